The van der Waals surface area contributed by atoms with Gasteiger partial charge in [-0.3, -0.25) is 0 Å². The van der Waals surface area contributed by atoms with Gasteiger partial charge < -0.3 is 5.32 Å². The van der Waals surface area contributed by atoms with Crippen molar-refractivity contribution in [3.63, 3.8) is 0 Å². The van der Waals surface area contributed by atoms with Crippen LogP contribution in [0.4, 0.5) is 0 Å². The highest BCUT2D eigenvalue weighted by Gasteiger charge is 2.22. The summed E-state index contributed by atoms with van der Waals surface area (Å²) in [5.41, 5.74) is 0. The van der Waals surface area contributed by atoms with Gasteiger partial charge in [0.05, 0.1) is 0 Å². The van der Waals surface area contributed by atoms with Gasteiger partial charge in [0.25, 0.3) is 0 Å². The summed E-state index contributed by atoms with van der Waals surface area (Å²) in [5, 5.41) is 3.65. The molecule has 0 aromatic rings. The molecule has 16 heavy (non-hydrogen) atoms. The molecule has 1 saturated carbocycles. The molecule has 0 aliphatic heterocycles. The van der Waals surface area contributed by atoms with Gasteiger partial charge in [-0.05, 0) is 24.8 Å². The lowest BCUT2D eigenvalue weighted by Gasteiger charge is -2.26. The van der Waals surface area contributed by atoms with Crippen molar-refractivity contribution in [1.82, 2.24) is 5.32 Å². The molecule has 1 rings (SSSR count). The minimum atomic E-state index is 0.648. The van der Waals surface area contributed by atoms with Gasteiger partial charge >= 0.3 is 0 Å². The van der Waals surface area contributed by atoms with Crippen molar-refractivity contribution in [1.29, 1.82) is 0 Å². The molecule has 0 spiro atoms. The van der Waals surface area contributed by atoms with E-state index in [0.29, 0.717) is 6.04 Å². The van der Waals surface area contributed by atoms with E-state index in [2.05, 4.69) is 26.1 Å². The molecule has 0 aromatic carbocycles. The number of nitrogens with one attached hydrogen (secondary N) is 1. The normalized spacial score (nSPS) is 27.0. The van der Waals surface area contributed by atoms with E-state index < -0.39 is 0 Å². The summed E-state index contributed by atoms with van der Waals surface area (Å²) in [5.74, 6) is 1.96. The van der Waals surface area contributed by atoms with E-state index in [1.807, 2.05) is 0 Å². The molecular formula is C15H31N. The van der Waals surface area contributed by atoms with Crippen LogP contribution in [0.1, 0.15) is 72.1 Å². The lowest BCUT2D eigenvalue weighted by Crippen LogP contribution is -2.32. The molecule has 2 atom stereocenters. The second-order valence-corrected chi connectivity index (χ2v) is 5.86. The van der Waals surface area contributed by atoms with E-state index in [9.17, 15) is 0 Å². The molecule has 1 aliphatic carbocycles. The van der Waals surface area contributed by atoms with Crippen molar-refractivity contribution in [2.24, 2.45) is 11.8 Å². The van der Waals surface area contributed by atoms with E-state index in [-0.39, 0.29) is 0 Å². The van der Waals surface area contributed by atoms with Crippen molar-refractivity contribution in [3.05, 3.63) is 0 Å². The van der Waals surface area contributed by atoms with Crippen LogP contribution in [-0.4, -0.2) is 12.6 Å². The Morgan fingerprint density at radius 1 is 1.06 bits per heavy atom. The van der Waals surface area contributed by atoms with Gasteiger partial charge in [0, 0.05) is 6.04 Å². The molecule has 1 N–H and O–H groups in total. The van der Waals surface area contributed by atoms with Gasteiger partial charge in [-0.25, -0.2) is 0 Å². The summed E-state index contributed by atoms with van der Waals surface area (Å²) < 4.78 is 0. The van der Waals surface area contributed by atoms with Gasteiger partial charge in [0.15, 0.2) is 0 Å². The second-order valence-electron chi connectivity index (χ2n) is 5.86. The zero-order valence-corrected chi connectivity index (χ0v) is 11.6. The van der Waals surface area contributed by atoms with Crippen molar-refractivity contribution < 1.29 is 0 Å². The van der Waals surface area contributed by atoms with E-state index in [0.717, 1.165) is 11.8 Å². The van der Waals surface area contributed by atoms with Gasteiger partial charge in [-0.1, -0.05) is 65.7 Å². The minimum absolute atomic E-state index is 0.648. The molecule has 1 heteroatoms. The Kier molecular flexibility index (Phi) is 7.11. The van der Waals surface area contributed by atoms with Crippen molar-refractivity contribution in [3.8, 4) is 0 Å². The molecule has 0 radical (unpaired) electrons. The fourth-order valence-electron chi connectivity index (χ4n) is 2.96. The van der Waals surface area contributed by atoms with E-state index >= 15 is 0 Å². The average molecular weight is 225 g/mol. The third kappa shape index (κ3) is 5.34. The summed E-state index contributed by atoms with van der Waals surface area (Å²) in [7, 11) is 0. The van der Waals surface area contributed by atoms with E-state index in [4.69, 9.17) is 0 Å². The predicted octanol–water partition coefficient (Wildman–Crippen LogP) is 4.37. The fraction of sp³-hybridized carbons (Fsp3) is 1.00. The first-order valence-corrected chi connectivity index (χ1v) is 7.47. The standard InChI is InChI=1S/C15H31N/c1-4-5-9-14-10-7-6-8-11-15(14)12-16-13(2)3/h13-16H,4-12H2,1-3H3. The Balaban J connectivity index is 2.38. The summed E-state index contributed by atoms with van der Waals surface area (Å²) in [6, 6.07) is 0.648. The summed E-state index contributed by atoms with van der Waals surface area (Å²) >= 11 is 0. The van der Waals surface area contributed by atoms with E-state index in [1.54, 1.807) is 0 Å². The predicted molar refractivity (Wildman–Crippen MR) is 72.7 cm³/mol. The molecule has 0 amide bonds. The van der Waals surface area contributed by atoms with Crippen LogP contribution in [0.2, 0.25) is 0 Å². The van der Waals surface area contributed by atoms with Crippen LogP contribution in [0.3, 0.4) is 0 Å². The summed E-state index contributed by atoms with van der Waals surface area (Å²) in [4.78, 5) is 0. The van der Waals surface area contributed by atoms with Crippen LogP contribution in [0.15, 0.2) is 0 Å². The highest BCUT2D eigenvalue weighted by atomic mass is 14.9. The quantitative estimate of drug-likeness (QED) is 0.662. The van der Waals surface area contributed by atoms with Crippen LogP contribution in [0.5, 0.6) is 0 Å². The Labute approximate surface area is 102 Å². The molecule has 0 heterocycles. The lowest BCUT2D eigenvalue weighted by atomic mass is 9.84. The third-order valence-corrected chi connectivity index (χ3v) is 4.03. The van der Waals surface area contributed by atoms with Crippen molar-refractivity contribution >= 4 is 0 Å². The maximum absolute atomic E-state index is 3.65. The molecular weight excluding hydrogens is 194 g/mol. The molecule has 1 fully saturated rings. The Bertz CT molecular complexity index is 165. The minimum Gasteiger partial charge on any atom is -0.314 e. The fourth-order valence-corrected chi connectivity index (χ4v) is 2.96. The van der Waals surface area contributed by atoms with E-state index in [1.165, 1.54) is 57.9 Å². The Morgan fingerprint density at radius 3 is 2.38 bits per heavy atom. The van der Waals surface area contributed by atoms with Crippen LogP contribution in [-0.2, 0) is 0 Å². The zero-order valence-electron chi connectivity index (χ0n) is 11.6. The topological polar surface area (TPSA) is 12.0 Å². The average Bonchev–Trinajstić information content (AvgIpc) is 2.48. The highest BCUT2D eigenvalue weighted by molar-refractivity contribution is 4.76. The van der Waals surface area contributed by atoms with Gasteiger partial charge in [-0.2, -0.15) is 0 Å². The molecule has 2 unspecified atom stereocenters. The summed E-state index contributed by atoms with van der Waals surface area (Å²) in [6.45, 7) is 8.10. The van der Waals surface area contributed by atoms with Crippen LogP contribution >= 0.6 is 0 Å². The number of hydrogen-bond donors (Lipinski definition) is 1. The van der Waals surface area contributed by atoms with Gasteiger partial charge in [-0.15, -0.1) is 0 Å². The Morgan fingerprint density at radius 2 is 1.75 bits per heavy atom. The first-order chi connectivity index (χ1) is 7.74. The SMILES string of the molecule is CCCCC1CCCCCC1CNC(C)C. The molecule has 1 aliphatic rings. The van der Waals surface area contributed by atoms with Crippen molar-refractivity contribution in [2.75, 3.05) is 6.54 Å². The van der Waals surface area contributed by atoms with Crippen molar-refractivity contribution in [2.45, 2.75) is 78.2 Å². The first kappa shape index (κ1) is 14.0. The molecule has 96 valence electrons. The maximum Gasteiger partial charge on any atom is 0.00104 e. The van der Waals surface area contributed by atoms with Crippen LogP contribution < -0.4 is 5.32 Å². The first-order valence-electron chi connectivity index (χ1n) is 7.47. The second kappa shape index (κ2) is 8.11. The molecule has 0 saturated heterocycles. The third-order valence-electron chi connectivity index (χ3n) is 4.03. The largest absolute Gasteiger partial charge is 0.314 e. The molecule has 0 aromatic heterocycles. The number of unbranched alkanes of at least 4 members (excludes halogenated alkanes) is 1. The number of rotatable bonds is 6. The molecule has 1 nitrogen and oxygen atoms in total. The Hall–Kier alpha value is -0.0400. The maximum atomic E-state index is 3.65. The van der Waals surface area contributed by atoms with Gasteiger partial charge in [0.2, 0.25) is 0 Å². The van der Waals surface area contributed by atoms with Gasteiger partial charge in [0.1, 0.15) is 0 Å². The summed E-state index contributed by atoms with van der Waals surface area (Å²) in [6.07, 6.45) is 11.6. The highest BCUT2D eigenvalue weighted by Crippen LogP contribution is 2.32. The zero-order chi connectivity index (χ0) is 11.8. The van der Waals surface area contributed by atoms with Crippen LogP contribution in [0.25, 0.3) is 0 Å². The lowest BCUT2D eigenvalue weighted by molar-refractivity contribution is 0.272. The number of hydrogen-bond acceptors (Lipinski definition) is 1. The molecule has 0 bridgehead atoms. The smallest absolute Gasteiger partial charge is 0.00104 e. The van der Waals surface area contributed by atoms with Crippen LogP contribution in [0, 0.1) is 11.8 Å². The monoisotopic (exact) mass is 225 g/mol.